The minimum atomic E-state index is -0.336. The van der Waals surface area contributed by atoms with Crippen LogP contribution in [-0.2, 0) is 17.8 Å². The van der Waals surface area contributed by atoms with Gasteiger partial charge in [-0.2, -0.15) is 5.10 Å². The molecule has 7 nitrogen and oxygen atoms in total. The molecule has 130 valence electrons. The molecular weight excluding hydrogens is 320 g/mol. The van der Waals surface area contributed by atoms with E-state index in [1.54, 1.807) is 19.1 Å². The second kappa shape index (κ2) is 6.88. The lowest BCUT2D eigenvalue weighted by Crippen LogP contribution is -2.35. The van der Waals surface area contributed by atoms with Crippen molar-refractivity contribution in [2.75, 3.05) is 0 Å². The number of rotatable bonds is 5. The topological polar surface area (TPSA) is 90.0 Å². The number of fused-ring (bicyclic) bond motifs is 1. The Balaban J connectivity index is 1.78. The Morgan fingerprint density at radius 2 is 2.04 bits per heavy atom. The van der Waals surface area contributed by atoms with Gasteiger partial charge < -0.3 is 9.84 Å². The molecule has 0 saturated heterocycles. The van der Waals surface area contributed by atoms with E-state index in [0.717, 1.165) is 17.5 Å². The van der Waals surface area contributed by atoms with Crippen LogP contribution in [0, 0.1) is 6.92 Å². The van der Waals surface area contributed by atoms with Crippen molar-refractivity contribution in [1.82, 2.24) is 20.3 Å². The number of amides is 1. The summed E-state index contributed by atoms with van der Waals surface area (Å²) in [5, 5.41) is 12.3. The summed E-state index contributed by atoms with van der Waals surface area (Å²) in [6.07, 6.45) is 0.764. The summed E-state index contributed by atoms with van der Waals surface area (Å²) in [6, 6.07) is 8.72. The molecule has 1 N–H and O–H groups in total. The minimum Gasteiger partial charge on any atom is -0.359 e. The summed E-state index contributed by atoms with van der Waals surface area (Å²) >= 11 is 0. The molecule has 2 heterocycles. The molecule has 0 fully saturated rings. The number of nitrogens with one attached hydrogen (secondary N) is 1. The molecule has 0 spiro atoms. The first-order valence-electron chi connectivity index (χ1n) is 8.21. The van der Waals surface area contributed by atoms with Gasteiger partial charge >= 0.3 is 0 Å². The lowest BCUT2D eigenvalue weighted by Gasteiger charge is -2.12. The van der Waals surface area contributed by atoms with Gasteiger partial charge in [-0.25, -0.2) is 4.68 Å². The first-order chi connectivity index (χ1) is 12.0. The van der Waals surface area contributed by atoms with Crippen molar-refractivity contribution >= 4 is 16.7 Å². The predicted molar refractivity (Wildman–Crippen MR) is 93.2 cm³/mol. The van der Waals surface area contributed by atoms with Gasteiger partial charge in [0.15, 0.2) is 5.76 Å². The van der Waals surface area contributed by atoms with E-state index in [9.17, 15) is 9.59 Å². The van der Waals surface area contributed by atoms with E-state index in [0.29, 0.717) is 16.8 Å². The number of aryl methyl sites for hydroxylation is 2. The van der Waals surface area contributed by atoms with Crippen molar-refractivity contribution in [2.24, 2.45) is 0 Å². The minimum absolute atomic E-state index is 0.149. The molecule has 0 aliphatic heterocycles. The third-order valence-corrected chi connectivity index (χ3v) is 4.09. The second-order valence-corrected chi connectivity index (χ2v) is 5.96. The molecule has 0 bridgehead atoms. The van der Waals surface area contributed by atoms with Crippen LogP contribution in [0.5, 0.6) is 0 Å². The Morgan fingerprint density at radius 3 is 2.72 bits per heavy atom. The summed E-state index contributed by atoms with van der Waals surface area (Å²) in [7, 11) is 0. The highest BCUT2D eigenvalue weighted by molar-refractivity contribution is 5.83. The number of benzene rings is 1. The number of hydrogen-bond donors (Lipinski definition) is 1. The van der Waals surface area contributed by atoms with E-state index < -0.39 is 0 Å². The Bertz CT molecular complexity index is 974. The molecule has 2 aromatic heterocycles. The molecule has 0 aliphatic carbocycles. The molecular formula is C18H20N4O3. The van der Waals surface area contributed by atoms with Gasteiger partial charge in [-0.05, 0) is 26.3 Å². The van der Waals surface area contributed by atoms with Crippen LogP contribution in [0.1, 0.15) is 37.0 Å². The Morgan fingerprint density at radius 1 is 1.32 bits per heavy atom. The highest BCUT2D eigenvalue weighted by atomic mass is 16.5. The van der Waals surface area contributed by atoms with Crippen LogP contribution in [0.3, 0.4) is 0 Å². The quantitative estimate of drug-likeness (QED) is 0.768. The molecule has 7 heteroatoms. The number of carbonyl (C=O) groups is 1. The van der Waals surface area contributed by atoms with Crippen molar-refractivity contribution in [2.45, 2.75) is 39.8 Å². The molecule has 3 rings (SSSR count). The molecule has 1 unspecified atom stereocenters. The molecule has 0 radical (unpaired) electrons. The van der Waals surface area contributed by atoms with E-state index in [-0.39, 0.29) is 24.1 Å². The summed E-state index contributed by atoms with van der Waals surface area (Å²) in [6.45, 7) is 5.45. The average Bonchev–Trinajstić information content (AvgIpc) is 3.09. The van der Waals surface area contributed by atoms with Crippen LogP contribution in [0.15, 0.2) is 39.6 Å². The van der Waals surface area contributed by atoms with Gasteiger partial charge in [0.25, 0.3) is 5.56 Å². The van der Waals surface area contributed by atoms with Gasteiger partial charge in [0.05, 0.1) is 22.8 Å². The third kappa shape index (κ3) is 3.45. The second-order valence-electron chi connectivity index (χ2n) is 5.96. The standard InChI is InChI=1S/C18H20N4O3/c1-4-13-9-16(25-21-13)12(3)19-17(23)10-22-18(24)15-8-6-5-7-14(15)11(2)20-22/h5-9,12H,4,10H2,1-3H3,(H,19,23). The molecule has 25 heavy (non-hydrogen) atoms. The van der Waals surface area contributed by atoms with E-state index in [2.05, 4.69) is 15.6 Å². The fourth-order valence-electron chi connectivity index (χ4n) is 2.70. The van der Waals surface area contributed by atoms with Crippen LogP contribution >= 0.6 is 0 Å². The number of aromatic nitrogens is 3. The molecule has 3 aromatic rings. The first-order valence-corrected chi connectivity index (χ1v) is 8.21. The molecule has 1 aromatic carbocycles. The van der Waals surface area contributed by atoms with Crippen LogP contribution < -0.4 is 10.9 Å². The monoisotopic (exact) mass is 340 g/mol. The van der Waals surface area contributed by atoms with Gasteiger partial charge in [0, 0.05) is 11.5 Å². The average molecular weight is 340 g/mol. The fourth-order valence-corrected chi connectivity index (χ4v) is 2.70. The zero-order chi connectivity index (χ0) is 18.0. The van der Waals surface area contributed by atoms with Crippen molar-refractivity contribution in [1.29, 1.82) is 0 Å². The lowest BCUT2D eigenvalue weighted by molar-refractivity contribution is -0.122. The zero-order valence-electron chi connectivity index (χ0n) is 14.4. The normalized spacial score (nSPS) is 12.3. The van der Waals surface area contributed by atoms with Gasteiger partial charge in [0.2, 0.25) is 5.91 Å². The van der Waals surface area contributed by atoms with Crippen molar-refractivity contribution in [3.8, 4) is 0 Å². The van der Waals surface area contributed by atoms with Gasteiger partial charge in [-0.15, -0.1) is 0 Å². The predicted octanol–water partition coefficient (Wildman–Crippen LogP) is 2.13. The first kappa shape index (κ1) is 16.9. The number of carbonyl (C=O) groups excluding carboxylic acids is 1. The lowest BCUT2D eigenvalue weighted by atomic mass is 10.1. The third-order valence-electron chi connectivity index (χ3n) is 4.09. The maximum Gasteiger partial charge on any atom is 0.275 e. The summed E-state index contributed by atoms with van der Waals surface area (Å²) in [5.41, 5.74) is 1.26. The van der Waals surface area contributed by atoms with E-state index >= 15 is 0 Å². The number of hydrogen-bond acceptors (Lipinski definition) is 5. The molecule has 0 aliphatic rings. The molecule has 0 saturated carbocycles. The van der Waals surface area contributed by atoms with Crippen LogP contribution in [0.2, 0.25) is 0 Å². The SMILES string of the molecule is CCc1cc(C(C)NC(=O)Cn2nc(C)c3ccccc3c2=O)on1. The smallest absolute Gasteiger partial charge is 0.275 e. The fraction of sp³-hybridized carbons (Fsp3) is 0.333. The zero-order valence-corrected chi connectivity index (χ0v) is 14.4. The van der Waals surface area contributed by atoms with Crippen molar-refractivity contribution in [3.63, 3.8) is 0 Å². The van der Waals surface area contributed by atoms with Gasteiger partial charge in [-0.3, -0.25) is 9.59 Å². The summed E-state index contributed by atoms with van der Waals surface area (Å²) < 4.78 is 6.41. The molecule has 1 atom stereocenters. The maximum absolute atomic E-state index is 12.5. The van der Waals surface area contributed by atoms with Gasteiger partial charge in [-0.1, -0.05) is 30.3 Å². The Labute approximate surface area is 144 Å². The summed E-state index contributed by atoms with van der Waals surface area (Å²) in [4.78, 5) is 24.8. The highest BCUT2D eigenvalue weighted by Crippen LogP contribution is 2.14. The highest BCUT2D eigenvalue weighted by Gasteiger charge is 2.16. The van der Waals surface area contributed by atoms with Gasteiger partial charge in [0.1, 0.15) is 6.54 Å². The molecule has 1 amide bonds. The maximum atomic E-state index is 12.5. The van der Waals surface area contributed by atoms with Crippen molar-refractivity contribution < 1.29 is 9.32 Å². The largest absolute Gasteiger partial charge is 0.359 e. The van der Waals surface area contributed by atoms with Crippen molar-refractivity contribution in [3.05, 3.63) is 57.8 Å². The van der Waals surface area contributed by atoms with Crippen LogP contribution in [0.25, 0.3) is 10.8 Å². The Kier molecular flexibility index (Phi) is 4.65. The van der Waals surface area contributed by atoms with E-state index in [1.807, 2.05) is 32.0 Å². The van der Waals surface area contributed by atoms with E-state index in [1.165, 1.54) is 4.68 Å². The number of nitrogens with zero attached hydrogens (tertiary/aromatic N) is 3. The Hall–Kier alpha value is -2.96. The van der Waals surface area contributed by atoms with E-state index in [4.69, 9.17) is 4.52 Å². The van der Waals surface area contributed by atoms with Crippen LogP contribution in [-0.4, -0.2) is 20.8 Å². The van der Waals surface area contributed by atoms with Crippen LogP contribution in [0.4, 0.5) is 0 Å². The summed E-state index contributed by atoms with van der Waals surface area (Å²) in [5.74, 6) is 0.270.